The van der Waals surface area contributed by atoms with Gasteiger partial charge in [-0.3, -0.25) is 0 Å². The average molecular weight is 246 g/mol. The minimum atomic E-state index is -3.23. The van der Waals surface area contributed by atoms with E-state index in [1.54, 1.807) is 6.07 Å². The Hall–Kier alpha value is -0.740. The van der Waals surface area contributed by atoms with Gasteiger partial charge in [0, 0.05) is 5.69 Å². The first-order valence-corrected chi connectivity index (χ1v) is 6.80. The second-order valence-electron chi connectivity index (χ2n) is 3.91. The number of hydrogen-bond donors (Lipinski definition) is 1. The molecule has 1 aliphatic rings. The highest BCUT2D eigenvalue weighted by Gasteiger charge is 2.30. The molecule has 1 aliphatic carbocycles. The zero-order valence-corrected chi connectivity index (χ0v) is 9.68. The van der Waals surface area contributed by atoms with E-state index in [1.807, 2.05) is 0 Å². The number of rotatable bonds is 3. The third-order valence-corrected chi connectivity index (χ3v) is 4.80. The Kier molecular flexibility index (Phi) is 2.64. The first-order valence-electron chi connectivity index (χ1n) is 4.77. The van der Waals surface area contributed by atoms with E-state index in [9.17, 15) is 8.42 Å². The summed E-state index contributed by atoms with van der Waals surface area (Å²) in [6.45, 7) is 0. The van der Waals surface area contributed by atoms with Gasteiger partial charge in [0.25, 0.3) is 0 Å². The summed E-state index contributed by atoms with van der Waals surface area (Å²) in [4.78, 5) is 0.199. The van der Waals surface area contributed by atoms with Crippen molar-refractivity contribution >= 4 is 27.1 Å². The van der Waals surface area contributed by atoms with Gasteiger partial charge in [0.05, 0.1) is 15.7 Å². The Morgan fingerprint density at radius 1 is 1.40 bits per heavy atom. The van der Waals surface area contributed by atoms with E-state index in [-0.39, 0.29) is 15.7 Å². The van der Waals surface area contributed by atoms with Crippen LogP contribution in [0.15, 0.2) is 23.1 Å². The fourth-order valence-electron chi connectivity index (χ4n) is 1.45. The maximum atomic E-state index is 11.9. The molecule has 0 bridgehead atoms. The van der Waals surface area contributed by atoms with Crippen LogP contribution in [0.25, 0.3) is 0 Å². The molecule has 1 fully saturated rings. The van der Waals surface area contributed by atoms with E-state index in [1.165, 1.54) is 12.1 Å². The summed E-state index contributed by atoms with van der Waals surface area (Å²) < 4.78 is 23.8. The van der Waals surface area contributed by atoms with Gasteiger partial charge in [-0.25, -0.2) is 8.42 Å². The van der Waals surface area contributed by atoms with Crippen LogP contribution in [-0.2, 0) is 9.84 Å². The van der Waals surface area contributed by atoms with Gasteiger partial charge in [-0.05, 0) is 37.0 Å². The summed E-state index contributed by atoms with van der Waals surface area (Å²) in [5.41, 5.74) is 5.98. The summed E-state index contributed by atoms with van der Waals surface area (Å²) in [6, 6.07) is 4.52. The molecule has 0 aliphatic heterocycles. The van der Waals surface area contributed by atoms with Crippen LogP contribution in [0.4, 0.5) is 5.69 Å². The van der Waals surface area contributed by atoms with Crippen LogP contribution in [0, 0.1) is 5.92 Å². The summed E-state index contributed by atoms with van der Waals surface area (Å²) in [7, 11) is -3.23. The predicted molar refractivity (Wildman–Crippen MR) is 60.6 cm³/mol. The zero-order valence-electron chi connectivity index (χ0n) is 8.11. The van der Waals surface area contributed by atoms with Gasteiger partial charge in [0.2, 0.25) is 0 Å². The van der Waals surface area contributed by atoms with Crippen molar-refractivity contribution in [2.45, 2.75) is 17.7 Å². The van der Waals surface area contributed by atoms with E-state index in [0.29, 0.717) is 11.6 Å². The minimum Gasteiger partial charge on any atom is -0.399 e. The number of sulfone groups is 1. The zero-order chi connectivity index (χ0) is 11.1. The van der Waals surface area contributed by atoms with Gasteiger partial charge < -0.3 is 5.73 Å². The van der Waals surface area contributed by atoms with Crippen LogP contribution in [0.5, 0.6) is 0 Å². The molecule has 1 aromatic carbocycles. The van der Waals surface area contributed by atoms with Crippen LogP contribution >= 0.6 is 11.6 Å². The molecule has 0 heterocycles. The Balaban J connectivity index is 2.34. The molecular formula is C10H12ClNO2S. The Labute approximate surface area is 94.2 Å². The number of benzene rings is 1. The van der Waals surface area contributed by atoms with Gasteiger partial charge in [-0.2, -0.15) is 0 Å². The first-order chi connectivity index (χ1) is 6.99. The van der Waals surface area contributed by atoms with E-state index < -0.39 is 9.84 Å². The molecule has 0 atom stereocenters. The van der Waals surface area contributed by atoms with Crippen molar-refractivity contribution in [3.05, 3.63) is 23.2 Å². The van der Waals surface area contributed by atoms with E-state index in [0.717, 1.165) is 12.8 Å². The highest BCUT2D eigenvalue weighted by atomic mass is 35.5. The van der Waals surface area contributed by atoms with Crippen molar-refractivity contribution in [2.24, 2.45) is 5.92 Å². The second-order valence-corrected chi connectivity index (χ2v) is 6.32. The number of anilines is 1. The topological polar surface area (TPSA) is 60.2 Å². The molecule has 0 unspecified atom stereocenters. The second kappa shape index (κ2) is 3.68. The van der Waals surface area contributed by atoms with Gasteiger partial charge in [-0.1, -0.05) is 11.6 Å². The summed E-state index contributed by atoms with van der Waals surface area (Å²) in [5.74, 6) is 0.528. The Morgan fingerprint density at radius 3 is 2.60 bits per heavy atom. The summed E-state index contributed by atoms with van der Waals surface area (Å²) in [5, 5.41) is 0.218. The van der Waals surface area contributed by atoms with E-state index >= 15 is 0 Å². The van der Waals surface area contributed by atoms with Crippen molar-refractivity contribution in [2.75, 3.05) is 11.5 Å². The van der Waals surface area contributed by atoms with Crippen molar-refractivity contribution in [1.82, 2.24) is 0 Å². The number of halogens is 1. The Morgan fingerprint density at radius 2 is 2.07 bits per heavy atom. The molecule has 5 heteroatoms. The van der Waals surface area contributed by atoms with Crippen molar-refractivity contribution < 1.29 is 8.42 Å². The first kappa shape index (κ1) is 10.8. The lowest BCUT2D eigenvalue weighted by Gasteiger charge is -2.06. The lowest BCUT2D eigenvalue weighted by Crippen LogP contribution is -2.09. The molecule has 1 aromatic rings. The average Bonchev–Trinajstić information content (AvgIpc) is 2.86. The minimum absolute atomic E-state index is 0.199. The van der Waals surface area contributed by atoms with Crippen LogP contribution < -0.4 is 5.73 Å². The van der Waals surface area contributed by atoms with Crippen LogP contribution in [-0.4, -0.2) is 14.2 Å². The quantitative estimate of drug-likeness (QED) is 0.830. The molecule has 2 N–H and O–H groups in total. The van der Waals surface area contributed by atoms with Gasteiger partial charge in [0.1, 0.15) is 0 Å². The van der Waals surface area contributed by atoms with E-state index in [4.69, 9.17) is 17.3 Å². The third kappa shape index (κ3) is 2.44. The number of nitrogens with two attached hydrogens (primary N) is 1. The smallest absolute Gasteiger partial charge is 0.180 e. The van der Waals surface area contributed by atoms with Crippen LogP contribution in [0.3, 0.4) is 0 Å². The third-order valence-electron chi connectivity index (χ3n) is 2.44. The number of hydrogen-bond acceptors (Lipinski definition) is 3. The molecule has 82 valence electrons. The molecule has 0 aromatic heterocycles. The lowest BCUT2D eigenvalue weighted by atomic mass is 10.3. The molecule has 0 spiro atoms. The van der Waals surface area contributed by atoms with Crippen molar-refractivity contribution in [3.8, 4) is 0 Å². The molecule has 1 saturated carbocycles. The van der Waals surface area contributed by atoms with Gasteiger partial charge >= 0.3 is 0 Å². The fraction of sp³-hybridized carbons (Fsp3) is 0.400. The summed E-state index contributed by atoms with van der Waals surface area (Å²) >= 11 is 5.86. The van der Waals surface area contributed by atoms with Gasteiger partial charge in [0.15, 0.2) is 9.84 Å². The number of nitrogen functional groups attached to an aromatic ring is 1. The van der Waals surface area contributed by atoms with Crippen molar-refractivity contribution in [1.29, 1.82) is 0 Å². The summed E-state index contributed by atoms with van der Waals surface area (Å²) in [6.07, 6.45) is 2.01. The highest BCUT2D eigenvalue weighted by molar-refractivity contribution is 7.91. The van der Waals surface area contributed by atoms with E-state index in [2.05, 4.69) is 0 Å². The monoisotopic (exact) mass is 245 g/mol. The van der Waals surface area contributed by atoms with Gasteiger partial charge in [-0.15, -0.1) is 0 Å². The molecule has 0 saturated heterocycles. The Bertz CT molecular complexity index is 480. The standard InChI is InChI=1S/C10H12ClNO2S/c11-9-5-8(12)3-4-10(9)15(13,14)6-7-1-2-7/h3-5,7H,1-2,6,12H2. The maximum absolute atomic E-state index is 11.9. The normalized spacial score (nSPS) is 16.6. The highest BCUT2D eigenvalue weighted by Crippen LogP contribution is 2.34. The SMILES string of the molecule is Nc1ccc(S(=O)(=O)CC2CC2)c(Cl)c1. The molecular weight excluding hydrogens is 234 g/mol. The predicted octanol–water partition coefficient (Wildman–Crippen LogP) is 2.11. The largest absolute Gasteiger partial charge is 0.399 e. The van der Waals surface area contributed by atoms with Crippen molar-refractivity contribution in [3.63, 3.8) is 0 Å². The molecule has 2 rings (SSSR count). The fourth-order valence-corrected chi connectivity index (χ4v) is 3.76. The van der Waals surface area contributed by atoms with Crippen LogP contribution in [0.1, 0.15) is 12.8 Å². The molecule has 3 nitrogen and oxygen atoms in total. The molecule has 0 amide bonds. The maximum Gasteiger partial charge on any atom is 0.180 e. The van der Waals surface area contributed by atoms with Crippen LogP contribution in [0.2, 0.25) is 5.02 Å². The molecule has 0 radical (unpaired) electrons. The molecule has 15 heavy (non-hydrogen) atoms. The lowest BCUT2D eigenvalue weighted by molar-refractivity contribution is 0.592.